The van der Waals surface area contributed by atoms with Gasteiger partial charge >= 0.3 is 5.97 Å². The van der Waals surface area contributed by atoms with Gasteiger partial charge < -0.3 is 9.84 Å². The van der Waals surface area contributed by atoms with Gasteiger partial charge in [0.2, 0.25) is 0 Å². The molecule has 0 bridgehead atoms. The molecule has 0 fully saturated rings. The lowest BCUT2D eigenvalue weighted by Gasteiger charge is -2.17. The summed E-state index contributed by atoms with van der Waals surface area (Å²) >= 11 is 3.17. The Labute approximate surface area is 245 Å². The molecule has 1 N–H and O–H groups in total. The fraction of sp³-hybridized carbons (Fsp3) is 0.406. The van der Waals surface area contributed by atoms with E-state index in [4.69, 9.17) is 9.72 Å². The van der Waals surface area contributed by atoms with Crippen molar-refractivity contribution in [2.75, 3.05) is 6.54 Å². The zero-order valence-corrected chi connectivity index (χ0v) is 25.5. The minimum absolute atomic E-state index is 0.0535. The first kappa shape index (κ1) is 29.9. The number of rotatable bonds is 15. The molecule has 4 aromatic rings. The average molecular weight is 578 g/mol. The van der Waals surface area contributed by atoms with E-state index in [0.29, 0.717) is 25.6 Å². The number of hydrogen-bond donors (Lipinski definition) is 1. The highest BCUT2D eigenvalue weighted by molar-refractivity contribution is 7.11. The van der Waals surface area contributed by atoms with Crippen molar-refractivity contribution in [2.24, 2.45) is 0 Å². The van der Waals surface area contributed by atoms with Crippen LogP contribution in [0.25, 0.3) is 11.3 Å². The van der Waals surface area contributed by atoms with Gasteiger partial charge in [-0.05, 0) is 55.9 Å². The Bertz CT molecular complexity index is 1340. The number of carboxylic acid groups (broad SMARTS) is 1. The fourth-order valence-corrected chi connectivity index (χ4v) is 6.63. The highest BCUT2D eigenvalue weighted by atomic mass is 32.1. The molecule has 0 saturated carbocycles. The number of aliphatic carboxylic acids is 1. The summed E-state index contributed by atoms with van der Waals surface area (Å²) in [5.74, 6) is 0.667. The summed E-state index contributed by atoms with van der Waals surface area (Å²) in [5, 5.41) is 13.3. The number of aryl methyl sites for hydroxylation is 2. The van der Waals surface area contributed by atoms with Crippen LogP contribution in [-0.2, 0) is 24.5 Å². The summed E-state index contributed by atoms with van der Waals surface area (Å²) in [7, 11) is 0. The maximum atomic E-state index is 11.5. The van der Waals surface area contributed by atoms with E-state index < -0.39 is 5.97 Å². The molecule has 0 aliphatic heterocycles. The molecule has 0 aliphatic rings. The predicted molar refractivity (Wildman–Crippen MR) is 164 cm³/mol. The van der Waals surface area contributed by atoms with Crippen LogP contribution >= 0.6 is 22.7 Å². The molecule has 0 saturated heterocycles. The van der Waals surface area contributed by atoms with Gasteiger partial charge in [-0.25, -0.2) is 9.97 Å². The van der Waals surface area contributed by atoms with Crippen LogP contribution in [0.5, 0.6) is 5.75 Å². The maximum Gasteiger partial charge on any atom is 0.317 e. The molecule has 2 aromatic carbocycles. The largest absolute Gasteiger partial charge is 0.489 e. The van der Waals surface area contributed by atoms with Crippen LogP contribution < -0.4 is 4.74 Å². The van der Waals surface area contributed by atoms with Crippen LogP contribution in [0.4, 0.5) is 0 Å². The van der Waals surface area contributed by atoms with Crippen molar-refractivity contribution >= 4 is 28.6 Å². The predicted octanol–water partition coefficient (Wildman–Crippen LogP) is 8.23. The average Bonchev–Trinajstić information content (AvgIpc) is 3.53. The topological polar surface area (TPSA) is 75.5 Å². The molecule has 2 heterocycles. The number of benzene rings is 2. The standard InChI is InChI=1S/C32H39N3O3S2/c1-5-7-25(8-6-2)26-13-15-28(16-14-26)38-20-24-9-11-27(12-10-24)29-21-39-30(34-29)17-35(19-32(36)37)18-31-33-22(3)23(4)40-31/h9-16,21,25H,5-8,17-20H2,1-4H3,(H,36,37). The maximum absolute atomic E-state index is 11.5. The second kappa shape index (κ2) is 14.5. The molecular weight excluding hydrogens is 539 g/mol. The lowest BCUT2D eigenvalue weighted by atomic mass is 9.90. The smallest absolute Gasteiger partial charge is 0.317 e. The van der Waals surface area contributed by atoms with Crippen LogP contribution in [-0.4, -0.2) is 32.5 Å². The van der Waals surface area contributed by atoms with Crippen LogP contribution in [0.1, 0.15) is 77.2 Å². The van der Waals surface area contributed by atoms with Gasteiger partial charge in [0, 0.05) is 15.8 Å². The molecule has 0 spiro atoms. The van der Waals surface area contributed by atoms with Gasteiger partial charge in [-0.1, -0.05) is 63.1 Å². The van der Waals surface area contributed by atoms with Crippen molar-refractivity contribution < 1.29 is 14.6 Å². The van der Waals surface area contributed by atoms with Gasteiger partial charge in [0.05, 0.1) is 31.0 Å². The number of nitrogens with zero attached hydrogens (tertiary/aromatic N) is 3. The first-order valence-corrected chi connectivity index (χ1v) is 15.7. The van der Waals surface area contributed by atoms with Crippen molar-refractivity contribution in [1.29, 1.82) is 0 Å². The molecule has 6 nitrogen and oxygen atoms in total. The molecule has 40 heavy (non-hydrogen) atoms. The van der Waals surface area contributed by atoms with Gasteiger partial charge in [0.15, 0.2) is 0 Å². The number of thiazole rings is 2. The number of carbonyl (C=O) groups is 1. The van der Waals surface area contributed by atoms with Crippen molar-refractivity contribution in [2.45, 2.75) is 79.0 Å². The third kappa shape index (κ3) is 8.46. The van der Waals surface area contributed by atoms with E-state index in [1.54, 1.807) is 22.7 Å². The molecule has 0 unspecified atom stereocenters. The summed E-state index contributed by atoms with van der Waals surface area (Å²) in [5.41, 5.74) is 5.43. The van der Waals surface area contributed by atoms with Crippen LogP contribution in [0.3, 0.4) is 0 Å². The van der Waals surface area contributed by atoms with Gasteiger partial charge in [-0.15, -0.1) is 22.7 Å². The Kier molecular flexibility index (Phi) is 10.9. The zero-order valence-electron chi connectivity index (χ0n) is 23.9. The summed E-state index contributed by atoms with van der Waals surface area (Å²) in [4.78, 5) is 23.9. The third-order valence-corrected chi connectivity index (χ3v) is 8.87. The second-order valence-corrected chi connectivity index (χ2v) is 12.5. The van der Waals surface area contributed by atoms with Crippen molar-refractivity contribution in [1.82, 2.24) is 14.9 Å². The third-order valence-electron chi connectivity index (χ3n) is 6.98. The van der Waals surface area contributed by atoms with E-state index in [-0.39, 0.29) is 6.54 Å². The van der Waals surface area contributed by atoms with Crippen LogP contribution in [0.15, 0.2) is 53.9 Å². The molecule has 0 aliphatic carbocycles. The highest BCUT2D eigenvalue weighted by Gasteiger charge is 2.16. The first-order valence-electron chi connectivity index (χ1n) is 14.0. The van der Waals surface area contributed by atoms with Crippen LogP contribution in [0.2, 0.25) is 0 Å². The second-order valence-electron chi connectivity index (χ2n) is 10.2. The Hall–Kier alpha value is -3.07. The van der Waals surface area contributed by atoms with E-state index in [2.05, 4.69) is 67.4 Å². The van der Waals surface area contributed by atoms with E-state index >= 15 is 0 Å². The molecule has 0 atom stereocenters. The van der Waals surface area contributed by atoms with E-state index in [9.17, 15) is 9.90 Å². The quantitative estimate of drug-likeness (QED) is 0.153. The normalized spacial score (nSPS) is 11.4. The van der Waals surface area contributed by atoms with Gasteiger partial charge in [-0.2, -0.15) is 0 Å². The molecule has 0 radical (unpaired) electrons. The number of carboxylic acids is 1. The van der Waals surface area contributed by atoms with E-state index in [1.165, 1.54) is 31.2 Å². The summed E-state index contributed by atoms with van der Waals surface area (Å²) in [6.45, 7) is 9.94. The number of aromatic nitrogens is 2. The molecule has 212 valence electrons. The minimum Gasteiger partial charge on any atom is -0.489 e. The molecule has 8 heteroatoms. The van der Waals surface area contributed by atoms with Crippen LogP contribution in [0, 0.1) is 13.8 Å². The van der Waals surface area contributed by atoms with Gasteiger partial charge in [0.25, 0.3) is 0 Å². The molecule has 4 rings (SSSR count). The zero-order chi connectivity index (χ0) is 28.5. The van der Waals surface area contributed by atoms with E-state index in [1.807, 2.05) is 24.1 Å². The Balaban J connectivity index is 1.34. The number of hydrogen-bond acceptors (Lipinski definition) is 7. The summed E-state index contributed by atoms with van der Waals surface area (Å²) in [6, 6.07) is 16.9. The fourth-order valence-electron chi connectivity index (χ4n) is 4.81. The van der Waals surface area contributed by atoms with Crippen molar-refractivity contribution in [3.8, 4) is 17.0 Å². The molecule has 0 amide bonds. The van der Waals surface area contributed by atoms with E-state index in [0.717, 1.165) is 43.2 Å². The van der Waals surface area contributed by atoms with Crippen molar-refractivity contribution in [3.63, 3.8) is 0 Å². The Morgan fingerprint density at radius 1 is 0.950 bits per heavy atom. The first-order chi connectivity index (χ1) is 19.3. The SMILES string of the molecule is CCCC(CCC)c1ccc(OCc2ccc(-c3csc(CN(CC(=O)O)Cc4nc(C)c(C)s4)n3)cc2)cc1. The van der Waals surface area contributed by atoms with Gasteiger partial charge in [0.1, 0.15) is 22.4 Å². The lowest BCUT2D eigenvalue weighted by molar-refractivity contribution is -0.138. The monoisotopic (exact) mass is 577 g/mol. The molecular formula is C32H39N3O3S2. The van der Waals surface area contributed by atoms with Gasteiger partial charge in [-0.3, -0.25) is 9.69 Å². The summed E-state index contributed by atoms with van der Waals surface area (Å²) < 4.78 is 6.06. The number of ether oxygens (including phenoxy) is 1. The highest BCUT2D eigenvalue weighted by Crippen LogP contribution is 2.29. The Morgan fingerprint density at radius 2 is 1.62 bits per heavy atom. The molecule has 2 aromatic heterocycles. The van der Waals surface area contributed by atoms with Crippen molar-refractivity contribution in [3.05, 3.63) is 85.6 Å². The summed E-state index contributed by atoms with van der Waals surface area (Å²) in [6.07, 6.45) is 4.87. The Morgan fingerprint density at radius 3 is 2.23 bits per heavy atom. The minimum atomic E-state index is -0.854. The lowest BCUT2D eigenvalue weighted by Crippen LogP contribution is -2.28.